The van der Waals surface area contributed by atoms with Crippen molar-refractivity contribution in [3.63, 3.8) is 0 Å². The second-order valence-corrected chi connectivity index (χ2v) is 3.90. The van der Waals surface area contributed by atoms with Crippen LogP contribution in [-0.4, -0.2) is 34.5 Å². The molecule has 96 valence electrons. The Kier molecular flexibility index (Phi) is 3.76. The molecule has 2 aromatic rings. The number of hydrogen-bond acceptors (Lipinski definition) is 5. The van der Waals surface area contributed by atoms with Gasteiger partial charge in [-0.1, -0.05) is 5.16 Å². The summed E-state index contributed by atoms with van der Waals surface area (Å²) in [7, 11) is 1.77. The highest BCUT2D eigenvalue weighted by Crippen LogP contribution is 2.16. The van der Waals surface area contributed by atoms with Crippen LogP contribution in [0.4, 0.5) is 0 Å². The third-order valence-corrected chi connectivity index (χ3v) is 2.66. The molecule has 2 rings (SSSR count). The van der Waals surface area contributed by atoms with Crippen LogP contribution in [0.15, 0.2) is 27.3 Å². The highest BCUT2D eigenvalue weighted by molar-refractivity contribution is 5.75. The van der Waals surface area contributed by atoms with Gasteiger partial charge in [0.25, 0.3) is 0 Å². The topological polar surface area (TPSA) is 72.4 Å². The third-order valence-electron chi connectivity index (χ3n) is 2.66. The molecule has 0 spiro atoms. The molecule has 0 saturated carbocycles. The summed E-state index contributed by atoms with van der Waals surface area (Å²) >= 11 is 0. The molecule has 0 radical (unpaired) electrons. The Balaban J connectivity index is 1.93. The van der Waals surface area contributed by atoms with E-state index in [0.717, 1.165) is 0 Å². The lowest BCUT2D eigenvalue weighted by atomic mass is 10.3. The van der Waals surface area contributed by atoms with Gasteiger partial charge in [0, 0.05) is 26.4 Å². The molecule has 2 aromatic heterocycles. The minimum atomic E-state index is 0.0650. The Labute approximate surface area is 105 Å². The molecule has 0 bridgehead atoms. The van der Waals surface area contributed by atoms with Crippen molar-refractivity contribution in [2.45, 2.75) is 19.8 Å². The molecular weight excluding hydrogens is 234 g/mol. The molecule has 1 amide bonds. The van der Waals surface area contributed by atoms with Crippen molar-refractivity contribution in [2.24, 2.45) is 0 Å². The molecule has 0 aliphatic carbocycles. The Bertz CT molecular complexity index is 504. The van der Waals surface area contributed by atoms with Crippen molar-refractivity contribution in [1.82, 2.24) is 15.0 Å². The minimum Gasteiger partial charge on any atom is -0.461 e. The lowest BCUT2D eigenvalue weighted by Gasteiger charge is -2.12. The van der Waals surface area contributed by atoms with Gasteiger partial charge >= 0.3 is 0 Å². The normalized spacial score (nSPS) is 10.6. The lowest BCUT2D eigenvalue weighted by molar-refractivity contribution is -0.129. The van der Waals surface area contributed by atoms with Crippen molar-refractivity contribution in [2.75, 3.05) is 13.6 Å². The fourth-order valence-electron chi connectivity index (χ4n) is 1.44. The molecule has 18 heavy (non-hydrogen) atoms. The van der Waals surface area contributed by atoms with Gasteiger partial charge in [-0.2, -0.15) is 4.98 Å². The van der Waals surface area contributed by atoms with Crippen LogP contribution < -0.4 is 0 Å². The summed E-state index contributed by atoms with van der Waals surface area (Å²) in [6.45, 7) is 2.62. The zero-order valence-corrected chi connectivity index (χ0v) is 10.4. The molecule has 6 nitrogen and oxygen atoms in total. The molecule has 2 heterocycles. The van der Waals surface area contributed by atoms with Gasteiger partial charge in [0.1, 0.15) is 0 Å². The molecule has 0 saturated heterocycles. The number of amides is 1. The molecule has 0 unspecified atom stereocenters. The first-order valence-corrected chi connectivity index (χ1v) is 5.81. The number of carbonyl (C=O) groups excluding carboxylic acids is 1. The van der Waals surface area contributed by atoms with Crippen LogP contribution >= 0.6 is 0 Å². The molecule has 0 aliphatic heterocycles. The van der Waals surface area contributed by atoms with E-state index in [1.807, 2.05) is 6.92 Å². The number of aryl methyl sites for hydroxylation is 1. The Hall–Kier alpha value is -2.11. The average Bonchev–Trinajstić information content (AvgIpc) is 3.04. The number of carbonyl (C=O) groups is 1. The largest absolute Gasteiger partial charge is 0.461 e. The number of furan rings is 1. The van der Waals surface area contributed by atoms with Crippen molar-refractivity contribution in [3.05, 3.63) is 24.3 Å². The van der Waals surface area contributed by atoms with Gasteiger partial charge in [-0.15, -0.1) is 0 Å². The summed E-state index contributed by atoms with van der Waals surface area (Å²) in [5.74, 6) is 1.47. The van der Waals surface area contributed by atoms with E-state index in [1.165, 1.54) is 0 Å². The van der Waals surface area contributed by atoms with E-state index in [2.05, 4.69) is 10.1 Å². The SMILES string of the molecule is CCN(C)C(=O)CCc1nc(-c2ccco2)no1. The van der Waals surface area contributed by atoms with Gasteiger partial charge in [0.15, 0.2) is 5.76 Å². The maximum absolute atomic E-state index is 11.6. The van der Waals surface area contributed by atoms with E-state index < -0.39 is 0 Å². The smallest absolute Gasteiger partial charge is 0.238 e. The highest BCUT2D eigenvalue weighted by atomic mass is 16.5. The molecule has 6 heteroatoms. The number of nitrogens with zero attached hydrogens (tertiary/aromatic N) is 3. The van der Waals surface area contributed by atoms with Gasteiger partial charge < -0.3 is 13.8 Å². The first-order chi connectivity index (χ1) is 8.70. The van der Waals surface area contributed by atoms with E-state index in [4.69, 9.17) is 8.94 Å². The van der Waals surface area contributed by atoms with E-state index in [1.54, 1.807) is 30.3 Å². The third kappa shape index (κ3) is 2.77. The average molecular weight is 249 g/mol. The summed E-state index contributed by atoms with van der Waals surface area (Å²) in [4.78, 5) is 17.4. The van der Waals surface area contributed by atoms with Crippen molar-refractivity contribution in [1.29, 1.82) is 0 Å². The fraction of sp³-hybridized carbons (Fsp3) is 0.417. The summed E-state index contributed by atoms with van der Waals surface area (Å²) in [5.41, 5.74) is 0. The van der Waals surface area contributed by atoms with Crippen molar-refractivity contribution < 1.29 is 13.7 Å². The van der Waals surface area contributed by atoms with Crippen LogP contribution in [0.5, 0.6) is 0 Å². The maximum Gasteiger partial charge on any atom is 0.238 e. The van der Waals surface area contributed by atoms with E-state index in [9.17, 15) is 4.79 Å². The molecular formula is C12H15N3O3. The van der Waals surface area contributed by atoms with Crippen molar-refractivity contribution >= 4 is 5.91 Å². The van der Waals surface area contributed by atoms with Crippen LogP contribution in [-0.2, 0) is 11.2 Å². The van der Waals surface area contributed by atoms with E-state index >= 15 is 0 Å². The first-order valence-electron chi connectivity index (χ1n) is 5.81. The van der Waals surface area contributed by atoms with Gasteiger partial charge in [0.05, 0.1) is 6.26 Å². The number of hydrogen-bond donors (Lipinski definition) is 0. The van der Waals surface area contributed by atoms with Crippen molar-refractivity contribution in [3.8, 4) is 11.6 Å². The van der Waals surface area contributed by atoms with Gasteiger partial charge in [-0.25, -0.2) is 0 Å². The Morgan fingerprint density at radius 1 is 1.50 bits per heavy atom. The van der Waals surface area contributed by atoms with Gasteiger partial charge in [-0.05, 0) is 19.1 Å². The predicted molar refractivity (Wildman–Crippen MR) is 63.6 cm³/mol. The highest BCUT2D eigenvalue weighted by Gasteiger charge is 2.13. The summed E-state index contributed by atoms with van der Waals surface area (Å²) in [6, 6.07) is 3.51. The van der Waals surface area contributed by atoms with Crippen LogP contribution in [0.2, 0.25) is 0 Å². The summed E-state index contributed by atoms with van der Waals surface area (Å²) in [6.07, 6.45) is 2.35. The molecule has 0 atom stereocenters. The molecule has 0 aliphatic rings. The Morgan fingerprint density at radius 2 is 2.33 bits per heavy atom. The lowest BCUT2D eigenvalue weighted by Crippen LogP contribution is -2.26. The maximum atomic E-state index is 11.6. The van der Waals surface area contributed by atoms with Crippen LogP contribution in [0.25, 0.3) is 11.6 Å². The number of rotatable bonds is 5. The molecule has 0 fully saturated rings. The summed E-state index contributed by atoms with van der Waals surface area (Å²) < 4.78 is 10.2. The van der Waals surface area contributed by atoms with Crippen LogP contribution in [0, 0.1) is 0 Å². The minimum absolute atomic E-state index is 0.0650. The predicted octanol–water partition coefficient (Wildman–Crippen LogP) is 1.74. The first kappa shape index (κ1) is 12.3. The standard InChI is InChI=1S/C12H15N3O3/c1-3-15(2)11(16)7-6-10-13-12(14-18-10)9-5-4-8-17-9/h4-5,8H,3,6-7H2,1-2H3. The number of aromatic nitrogens is 2. The summed E-state index contributed by atoms with van der Waals surface area (Å²) in [5, 5.41) is 3.80. The second kappa shape index (κ2) is 5.48. The monoisotopic (exact) mass is 249 g/mol. The van der Waals surface area contributed by atoms with Gasteiger partial charge in [0.2, 0.25) is 17.6 Å². The fourth-order valence-corrected chi connectivity index (χ4v) is 1.44. The quantitative estimate of drug-likeness (QED) is 0.807. The molecule has 0 aromatic carbocycles. The zero-order valence-electron chi connectivity index (χ0n) is 10.4. The van der Waals surface area contributed by atoms with E-state index in [0.29, 0.717) is 36.9 Å². The van der Waals surface area contributed by atoms with E-state index in [-0.39, 0.29) is 5.91 Å². The molecule has 0 N–H and O–H groups in total. The van der Waals surface area contributed by atoms with Gasteiger partial charge in [-0.3, -0.25) is 4.79 Å². The zero-order chi connectivity index (χ0) is 13.0. The second-order valence-electron chi connectivity index (χ2n) is 3.90. The Morgan fingerprint density at radius 3 is 3.00 bits per heavy atom. The van der Waals surface area contributed by atoms with Crippen LogP contribution in [0.1, 0.15) is 19.2 Å². The van der Waals surface area contributed by atoms with Crippen LogP contribution in [0.3, 0.4) is 0 Å².